The van der Waals surface area contributed by atoms with Gasteiger partial charge in [-0.2, -0.15) is 0 Å². The van der Waals surface area contributed by atoms with Crippen LogP contribution in [-0.2, 0) is 18.7 Å². The molecule has 0 radical (unpaired) electrons. The number of carbonyl (C=O) groups excluding carboxylic acids is 1. The highest BCUT2D eigenvalue weighted by atomic mass is 35.5. The van der Waals surface area contributed by atoms with Crippen LogP contribution in [0, 0.1) is 20.8 Å². The molecule has 9 heteroatoms. The Bertz CT molecular complexity index is 1400. The Labute approximate surface area is 213 Å². The van der Waals surface area contributed by atoms with E-state index < -0.39 is 0 Å². The molecule has 1 aliphatic heterocycles. The number of halogens is 1. The van der Waals surface area contributed by atoms with Crippen molar-refractivity contribution >= 4 is 29.3 Å². The van der Waals surface area contributed by atoms with Gasteiger partial charge in [-0.25, -0.2) is 14.6 Å². The Hall–Kier alpha value is -3.23. The quantitative estimate of drug-likeness (QED) is 0.277. The second-order valence-electron chi connectivity index (χ2n) is 8.70. The fourth-order valence-corrected chi connectivity index (χ4v) is 5.34. The molecule has 5 rings (SSSR count). The number of aryl methyl sites for hydroxylation is 3. The summed E-state index contributed by atoms with van der Waals surface area (Å²) in [5, 5.41) is 10.0. The molecule has 178 valence electrons. The summed E-state index contributed by atoms with van der Waals surface area (Å²) in [4.78, 5) is 24.6. The van der Waals surface area contributed by atoms with Gasteiger partial charge in [-0.1, -0.05) is 58.9 Å². The van der Waals surface area contributed by atoms with E-state index in [1.807, 2.05) is 62.1 Å². The van der Waals surface area contributed by atoms with Crippen molar-refractivity contribution in [2.24, 2.45) is 0 Å². The second kappa shape index (κ2) is 9.79. The highest BCUT2D eigenvalue weighted by molar-refractivity contribution is 7.98. The van der Waals surface area contributed by atoms with Crippen LogP contribution < -0.4 is 0 Å². The van der Waals surface area contributed by atoms with E-state index in [0.29, 0.717) is 40.4 Å². The first kappa shape index (κ1) is 23.5. The fourth-order valence-electron chi connectivity index (χ4n) is 4.23. The average molecular weight is 505 g/mol. The first-order valence-electron chi connectivity index (χ1n) is 11.4. The van der Waals surface area contributed by atoms with Crippen molar-refractivity contribution in [2.75, 3.05) is 6.54 Å². The predicted octanol–water partition coefficient (Wildman–Crippen LogP) is 5.13. The van der Waals surface area contributed by atoms with Gasteiger partial charge < -0.3 is 4.90 Å². The molecule has 0 aliphatic carbocycles. The van der Waals surface area contributed by atoms with E-state index in [0.717, 1.165) is 29.1 Å². The number of benzene rings is 2. The van der Waals surface area contributed by atoms with Crippen LogP contribution in [0.25, 0.3) is 5.69 Å². The minimum atomic E-state index is -0.124. The topological polar surface area (TPSA) is 76.8 Å². The lowest BCUT2D eigenvalue weighted by atomic mass is 9.99. The maximum atomic E-state index is 13.7. The number of rotatable bonds is 5. The van der Waals surface area contributed by atoms with Gasteiger partial charge in [-0.3, -0.25) is 4.79 Å². The Morgan fingerprint density at radius 3 is 2.51 bits per heavy atom. The number of hydrogen-bond acceptors (Lipinski definition) is 6. The molecule has 0 saturated carbocycles. The Morgan fingerprint density at radius 2 is 1.77 bits per heavy atom. The van der Waals surface area contributed by atoms with Crippen LogP contribution in [0.15, 0.2) is 53.7 Å². The van der Waals surface area contributed by atoms with E-state index >= 15 is 0 Å². The number of hydrogen-bond donors (Lipinski definition) is 0. The Morgan fingerprint density at radius 1 is 1.03 bits per heavy atom. The molecule has 0 bridgehead atoms. The standard InChI is InChI=1S/C26H25ClN6OS/c1-16-8-9-21(13-22(16)27)33-23(15-35-26-28-17(2)12-18(3)29-26)24(30-31-33)25(34)32-11-10-19-6-4-5-7-20(19)14-32/h4-9,12-13H,10-11,14-15H2,1-3H3. The summed E-state index contributed by atoms with van der Waals surface area (Å²) in [6, 6.07) is 15.9. The van der Waals surface area contributed by atoms with E-state index in [9.17, 15) is 4.79 Å². The maximum absolute atomic E-state index is 13.7. The molecular weight excluding hydrogens is 480 g/mol. The summed E-state index contributed by atoms with van der Waals surface area (Å²) in [7, 11) is 0. The van der Waals surface area contributed by atoms with Crippen LogP contribution >= 0.6 is 23.4 Å². The number of amides is 1. The van der Waals surface area contributed by atoms with E-state index in [1.165, 1.54) is 22.9 Å². The van der Waals surface area contributed by atoms with Crippen LogP contribution in [0.5, 0.6) is 0 Å². The number of carbonyl (C=O) groups is 1. The number of fused-ring (bicyclic) bond motifs is 1. The van der Waals surface area contributed by atoms with Gasteiger partial charge in [0, 0.05) is 35.3 Å². The average Bonchev–Trinajstić information content (AvgIpc) is 3.27. The number of nitrogens with zero attached hydrogens (tertiary/aromatic N) is 6. The van der Waals surface area contributed by atoms with Gasteiger partial charge in [-0.05, 0) is 62.1 Å². The van der Waals surface area contributed by atoms with Gasteiger partial charge in [0.25, 0.3) is 5.91 Å². The highest BCUT2D eigenvalue weighted by Crippen LogP contribution is 2.27. The number of aromatic nitrogens is 5. The summed E-state index contributed by atoms with van der Waals surface area (Å²) in [6.07, 6.45) is 0.824. The van der Waals surface area contributed by atoms with Crippen LogP contribution in [-0.4, -0.2) is 42.3 Å². The lowest BCUT2D eigenvalue weighted by Gasteiger charge is -2.28. The lowest BCUT2D eigenvalue weighted by molar-refractivity contribution is 0.0727. The molecule has 4 aromatic rings. The zero-order valence-electron chi connectivity index (χ0n) is 19.8. The molecule has 1 amide bonds. The molecule has 35 heavy (non-hydrogen) atoms. The molecule has 0 spiro atoms. The van der Waals surface area contributed by atoms with E-state index in [-0.39, 0.29) is 5.91 Å². The predicted molar refractivity (Wildman–Crippen MR) is 137 cm³/mol. The van der Waals surface area contributed by atoms with Crippen molar-refractivity contribution in [2.45, 2.75) is 44.6 Å². The zero-order chi connectivity index (χ0) is 24.5. The van der Waals surface area contributed by atoms with Crippen LogP contribution in [0.2, 0.25) is 5.02 Å². The summed E-state index contributed by atoms with van der Waals surface area (Å²) < 4.78 is 1.70. The van der Waals surface area contributed by atoms with Gasteiger partial charge in [0.2, 0.25) is 0 Å². The highest BCUT2D eigenvalue weighted by Gasteiger charge is 2.28. The van der Waals surface area contributed by atoms with Crippen LogP contribution in [0.4, 0.5) is 0 Å². The maximum Gasteiger partial charge on any atom is 0.276 e. The molecule has 0 saturated heterocycles. The Kier molecular flexibility index (Phi) is 6.58. The van der Waals surface area contributed by atoms with Crippen molar-refractivity contribution in [3.8, 4) is 5.69 Å². The molecule has 0 unspecified atom stereocenters. The first-order valence-corrected chi connectivity index (χ1v) is 12.8. The third-order valence-corrected chi connectivity index (χ3v) is 7.35. The van der Waals surface area contributed by atoms with Crippen LogP contribution in [0.1, 0.15) is 44.3 Å². The van der Waals surface area contributed by atoms with Crippen molar-refractivity contribution in [1.82, 2.24) is 29.9 Å². The van der Waals surface area contributed by atoms with Gasteiger partial charge >= 0.3 is 0 Å². The number of thioether (sulfide) groups is 1. The molecule has 7 nitrogen and oxygen atoms in total. The summed E-state index contributed by atoms with van der Waals surface area (Å²) in [6.45, 7) is 7.05. The van der Waals surface area contributed by atoms with Crippen molar-refractivity contribution in [1.29, 1.82) is 0 Å². The fraction of sp³-hybridized carbons (Fsp3) is 0.269. The SMILES string of the molecule is Cc1cc(C)nc(SCc2c(C(=O)N3CCc4ccccc4C3)nnn2-c2ccc(C)c(Cl)c2)n1. The van der Waals surface area contributed by atoms with E-state index in [1.54, 1.807) is 4.68 Å². The summed E-state index contributed by atoms with van der Waals surface area (Å²) in [5.74, 6) is 0.313. The zero-order valence-corrected chi connectivity index (χ0v) is 21.4. The molecule has 0 fully saturated rings. The molecule has 1 aliphatic rings. The van der Waals surface area contributed by atoms with Gasteiger partial charge in [0.15, 0.2) is 10.9 Å². The molecule has 0 atom stereocenters. The van der Waals surface area contributed by atoms with Crippen LogP contribution in [0.3, 0.4) is 0 Å². The molecular formula is C26H25ClN6OS. The summed E-state index contributed by atoms with van der Waals surface area (Å²) in [5.41, 5.74) is 7.04. The Balaban J connectivity index is 1.49. The second-order valence-corrected chi connectivity index (χ2v) is 10.0. The molecule has 3 heterocycles. The third-order valence-electron chi connectivity index (χ3n) is 6.08. The monoisotopic (exact) mass is 504 g/mol. The van der Waals surface area contributed by atoms with Gasteiger partial charge in [0.1, 0.15) is 0 Å². The van der Waals surface area contributed by atoms with E-state index in [2.05, 4.69) is 32.4 Å². The lowest BCUT2D eigenvalue weighted by Crippen LogP contribution is -2.36. The molecule has 2 aromatic heterocycles. The minimum Gasteiger partial charge on any atom is -0.333 e. The third kappa shape index (κ3) is 4.94. The van der Waals surface area contributed by atoms with Crippen molar-refractivity contribution in [3.63, 3.8) is 0 Å². The van der Waals surface area contributed by atoms with Gasteiger partial charge in [0.05, 0.1) is 11.4 Å². The minimum absolute atomic E-state index is 0.124. The van der Waals surface area contributed by atoms with Gasteiger partial charge in [-0.15, -0.1) is 5.10 Å². The largest absolute Gasteiger partial charge is 0.333 e. The normalized spacial score (nSPS) is 13.1. The smallest absolute Gasteiger partial charge is 0.276 e. The first-order chi connectivity index (χ1) is 16.9. The summed E-state index contributed by atoms with van der Waals surface area (Å²) >= 11 is 7.86. The van der Waals surface area contributed by atoms with Crippen molar-refractivity contribution < 1.29 is 4.79 Å². The van der Waals surface area contributed by atoms with Crippen molar-refractivity contribution in [3.05, 3.63) is 93.0 Å². The molecule has 2 aromatic carbocycles. The molecule has 0 N–H and O–H groups in total. The van der Waals surface area contributed by atoms with E-state index in [4.69, 9.17) is 11.6 Å².